The standard InChI is InChI=1S/C26H31N3O2/c27-18-20-4-1-5-21(16-20)25-19-29-10-2-6-26(29)24-17-22(7-8-23(24)25)31-13-3-9-28-11-14-30-15-12-28/h1,4-5,7-8,16-17,25-26H,2-3,6,9-15,19H2/t25-,26-/m1/s1. The molecule has 0 radical (unpaired) electrons. The van der Waals surface area contributed by atoms with Gasteiger partial charge in [0.15, 0.2) is 0 Å². The first kappa shape index (κ1) is 20.5. The molecule has 31 heavy (non-hydrogen) atoms. The summed E-state index contributed by atoms with van der Waals surface area (Å²) in [6.07, 6.45) is 3.51. The second-order valence-electron chi connectivity index (χ2n) is 8.89. The van der Waals surface area contributed by atoms with Gasteiger partial charge in [-0.25, -0.2) is 0 Å². The van der Waals surface area contributed by atoms with Gasteiger partial charge in [0.2, 0.25) is 0 Å². The molecule has 0 amide bonds. The lowest BCUT2D eigenvalue weighted by atomic mass is 9.81. The van der Waals surface area contributed by atoms with Crippen molar-refractivity contribution in [3.63, 3.8) is 0 Å². The summed E-state index contributed by atoms with van der Waals surface area (Å²) in [5.41, 5.74) is 4.80. The number of morpholine rings is 1. The highest BCUT2D eigenvalue weighted by atomic mass is 16.5. The molecule has 162 valence electrons. The van der Waals surface area contributed by atoms with Gasteiger partial charge in [-0.15, -0.1) is 0 Å². The number of fused-ring (bicyclic) bond motifs is 3. The Kier molecular flexibility index (Phi) is 6.22. The largest absolute Gasteiger partial charge is 0.494 e. The Morgan fingerprint density at radius 2 is 1.97 bits per heavy atom. The molecule has 2 saturated heterocycles. The summed E-state index contributed by atoms with van der Waals surface area (Å²) in [6, 6.07) is 17.6. The summed E-state index contributed by atoms with van der Waals surface area (Å²) < 4.78 is 11.6. The fourth-order valence-corrected chi connectivity index (χ4v) is 5.39. The first-order valence-corrected chi connectivity index (χ1v) is 11.6. The lowest BCUT2D eigenvalue weighted by Crippen LogP contribution is -2.37. The quantitative estimate of drug-likeness (QED) is 0.667. The van der Waals surface area contributed by atoms with Crippen LogP contribution in [0.3, 0.4) is 0 Å². The van der Waals surface area contributed by atoms with E-state index in [1.54, 1.807) is 0 Å². The van der Waals surface area contributed by atoms with Gasteiger partial charge in [0.05, 0.1) is 31.5 Å². The first-order valence-electron chi connectivity index (χ1n) is 11.6. The van der Waals surface area contributed by atoms with Crippen molar-refractivity contribution in [2.75, 3.05) is 52.5 Å². The van der Waals surface area contributed by atoms with E-state index in [1.165, 1.54) is 29.5 Å². The van der Waals surface area contributed by atoms with Gasteiger partial charge in [0.1, 0.15) is 5.75 Å². The summed E-state index contributed by atoms with van der Waals surface area (Å²) in [5.74, 6) is 1.30. The van der Waals surface area contributed by atoms with Crippen LogP contribution in [-0.2, 0) is 4.74 Å². The molecule has 3 aliphatic rings. The predicted molar refractivity (Wildman–Crippen MR) is 120 cm³/mol. The first-order chi connectivity index (χ1) is 15.3. The molecule has 5 heteroatoms. The summed E-state index contributed by atoms with van der Waals surface area (Å²) in [6.45, 7) is 7.77. The summed E-state index contributed by atoms with van der Waals surface area (Å²) in [5, 5.41) is 9.34. The number of hydrogen-bond acceptors (Lipinski definition) is 5. The lowest BCUT2D eigenvalue weighted by molar-refractivity contribution is 0.0358. The van der Waals surface area contributed by atoms with E-state index in [2.05, 4.69) is 46.2 Å². The van der Waals surface area contributed by atoms with Gasteiger partial charge in [0.25, 0.3) is 0 Å². The van der Waals surface area contributed by atoms with Crippen LogP contribution in [0.2, 0.25) is 0 Å². The van der Waals surface area contributed by atoms with Gasteiger partial charge in [-0.1, -0.05) is 18.2 Å². The third-order valence-electron chi connectivity index (χ3n) is 6.98. The molecule has 2 atom stereocenters. The predicted octanol–water partition coefficient (Wildman–Crippen LogP) is 3.94. The highest BCUT2D eigenvalue weighted by Crippen LogP contribution is 2.45. The Morgan fingerprint density at radius 3 is 2.84 bits per heavy atom. The van der Waals surface area contributed by atoms with Crippen molar-refractivity contribution in [3.05, 3.63) is 64.7 Å². The van der Waals surface area contributed by atoms with E-state index in [-0.39, 0.29) is 0 Å². The molecule has 5 nitrogen and oxygen atoms in total. The van der Waals surface area contributed by atoms with Crippen LogP contribution in [0, 0.1) is 11.3 Å². The van der Waals surface area contributed by atoms with E-state index in [4.69, 9.17) is 9.47 Å². The van der Waals surface area contributed by atoms with Gasteiger partial charge in [-0.3, -0.25) is 9.80 Å². The zero-order valence-electron chi connectivity index (χ0n) is 18.1. The minimum absolute atomic E-state index is 0.313. The minimum Gasteiger partial charge on any atom is -0.494 e. The van der Waals surface area contributed by atoms with Crippen LogP contribution < -0.4 is 4.74 Å². The van der Waals surface area contributed by atoms with Crippen LogP contribution >= 0.6 is 0 Å². The van der Waals surface area contributed by atoms with E-state index in [0.717, 1.165) is 70.3 Å². The Morgan fingerprint density at radius 1 is 1.06 bits per heavy atom. The van der Waals surface area contributed by atoms with Crippen LogP contribution in [0.5, 0.6) is 5.75 Å². The fraction of sp³-hybridized carbons (Fsp3) is 0.500. The molecular formula is C26H31N3O2. The monoisotopic (exact) mass is 417 g/mol. The third-order valence-corrected chi connectivity index (χ3v) is 6.98. The number of rotatable bonds is 6. The molecule has 0 spiro atoms. The van der Waals surface area contributed by atoms with Crippen molar-refractivity contribution in [3.8, 4) is 11.8 Å². The Labute approximate surface area is 185 Å². The smallest absolute Gasteiger partial charge is 0.119 e. The van der Waals surface area contributed by atoms with Gasteiger partial charge in [0, 0.05) is 38.1 Å². The summed E-state index contributed by atoms with van der Waals surface area (Å²) >= 11 is 0. The van der Waals surface area contributed by atoms with Crippen molar-refractivity contribution >= 4 is 0 Å². The molecule has 2 fully saturated rings. The van der Waals surface area contributed by atoms with E-state index in [1.807, 2.05) is 12.1 Å². The van der Waals surface area contributed by atoms with Gasteiger partial charge < -0.3 is 9.47 Å². The number of nitriles is 1. The topological polar surface area (TPSA) is 48.7 Å². The number of ether oxygens (including phenoxy) is 2. The average molecular weight is 418 g/mol. The van der Waals surface area contributed by atoms with Gasteiger partial charge >= 0.3 is 0 Å². The number of benzene rings is 2. The maximum atomic E-state index is 9.34. The maximum absolute atomic E-state index is 9.34. The SMILES string of the molecule is N#Cc1cccc([C@H]2CN3CCC[C@@H]3c3cc(OCCCN4CCOCC4)ccc32)c1. The van der Waals surface area contributed by atoms with Crippen molar-refractivity contribution in [1.82, 2.24) is 9.80 Å². The van der Waals surface area contributed by atoms with Crippen LogP contribution in [0.15, 0.2) is 42.5 Å². The summed E-state index contributed by atoms with van der Waals surface area (Å²) in [4.78, 5) is 5.07. The van der Waals surface area contributed by atoms with Crippen molar-refractivity contribution in [1.29, 1.82) is 5.26 Å². The Bertz CT molecular complexity index is 948. The van der Waals surface area contributed by atoms with Crippen LogP contribution in [0.4, 0.5) is 0 Å². The maximum Gasteiger partial charge on any atom is 0.119 e. The molecule has 2 aromatic rings. The molecular weight excluding hydrogens is 386 g/mol. The molecule has 0 unspecified atom stereocenters. The van der Waals surface area contributed by atoms with Crippen molar-refractivity contribution < 1.29 is 9.47 Å². The average Bonchev–Trinajstić information content (AvgIpc) is 3.31. The van der Waals surface area contributed by atoms with Crippen LogP contribution in [-0.4, -0.2) is 62.3 Å². The molecule has 0 bridgehead atoms. The highest BCUT2D eigenvalue weighted by Gasteiger charge is 2.36. The van der Waals surface area contributed by atoms with E-state index < -0.39 is 0 Å². The van der Waals surface area contributed by atoms with E-state index in [0.29, 0.717) is 12.0 Å². The van der Waals surface area contributed by atoms with E-state index >= 15 is 0 Å². The molecule has 0 aliphatic carbocycles. The van der Waals surface area contributed by atoms with Crippen molar-refractivity contribution in [2.24, 2.45) is 0 Å². The second-order valence-corrected chi connectivity index (χ2v) is 8.89. The third kappa shape index (κ3) is 4.48. The van der Waals surface area contributed by atoms with Gasteiger partial charge in [-0.05, 0) is 66.8 Å². The zero-order valence-corrected chi connectivity index (χ0v) is 18.1. The molecule has 0 aromatic heterocycles. The highest BCUT2D eigenvalue weighted by molar-refractivity contribution is 5.48. The number of nitrogens with zero attached hydrogens (tertiary/aromatic N) is 3. The molecule has 0 saturated carbocycles. The van der Waals surface area contributed by atoms with Gasteiger partial charge in [-0.2, -0.15) is 5.26 Å². The van der Waals surface area contributed by atoms with E-state index in [9.17, 15) is 5.26 Å². The Balaban J connectivity index is 1.31. The molecule has 3 aliphatic heterocycles. The molecule has 3 heterocycles. The molecule has 0 N–H and O–H groups in total. The van der Waals surface area contributed by atoms with Crippen LogP contribution in [0.25, 0.3) is 0 Å². The normalized spacial score (nSPS) is 23.7. The fourth-order valence-electron chi connectivity index (χ4n) is 5.39. The number of hydrogen-bond donors (Lipinski definition) is 0. The second kappa shape index (κ2) is 9.40. The molecule has 5 rings (SSSR count). The van der Waals surface area contributed by atoms with Crippen molar-refractivity contribution in [2.45, 2.75) is 31.2 Å². The Hall–Kier alpha value is -2.39. The lowest BCUT2D eigenvalue weighted by Gasteiger charge is -2.37. The minimum atomic E-state index is 0.313. The summed E-state index contributed by atoms with van der Waals surface area (Å²) in [7, 11) is 0. The van der Waals surface area contributed by atoms with Crippen LogP contribution in [0.1, 0.15) is 53.5 Å². The molecule has 2 aromatic carbocycles. The zero-order chi connectivity index (χ0) is 21.0.